The molecule has 2 N–H and O–H groups in total. The highest BCUT2D eigenvalue weighted by Gasteiger charge is 2.10. The van der Waals surface area contributed by atoms with Crippen molar-refractivity contribution in [3.8, 4) is 0 Å². The molecule has 0 heterocycles. The van der Waals surface area contributed by atoms with Gasteiger partial charge in [0.25, 0.3) is 0 Å². The Morgan fingerprint density at radius 3 is 2.65 bits per heavy atom. The first kappa shape index (κ1) is 15.0. The van der Waals surface area contributed by atoms with Crippen LogP contribution in [0.3, 0.4) is 0 Å². The summed E-state index contributed by atoms with van der Waals surface area (Å²) in [6, 6.07) is 14.4. The highest BCUT2D eigenvalue weighted by Crippen LogP contribution is 2.23. The maximum atomic E-state index is 5.82. The third kappa shape index (κ3) is 3.58. The molecule has 0 aliphatic carbocycles. The number of anilines is 1. The minimum Gasteiger partial charge on any atom is -0.389 e. The van der Waals surface area contributed by atoms with Crippen molar-refractivity contribution in [1.82, 2.24) is 0 Å². The fourth-order valence-electron chi connectivity index (χ4n) is 2.16. The van der Waals surface area contributed by atoms with E-state index in [1.807, 2.05) is 24.3 Å². The molecular formula is C16H17BrN2S. The number of hydrogen-bond acceptors (Lipinski definition) is 2. The van der Waals surface area contributed by atoms with Gasteiger partial charge in [-0.1, -0.05) is 46.3 Å². The molecule has 2 rings (SSSR count). The van der Waals surface area contributed by atoms with Gasteiger partial charge in [0.2, 0.25) is 0 Å². The van der Waals surface area contributed by atoms with Gasteiger partial charge in [-0.25, -0.2) is 0 Å². The molecule has 0 fully saturated rings. The van der Waals surface area contributed by atoms with Crippen LogP contribution in [0.1, 0.15) is 16.7 Å². The Labute approximate surface area is 133 Å². The summed E-state index contributed by atoms with van der Waals surface area (Å²) >= 11 is 8.64. The summed E-state index contributed by atoms with van der Waals surface area (Å²) in [6.07, 6.45) is 0. The Balaban J connectivity index is 2.31. The predicted octanol–water partition coefficient (Wildman–Crippen LogP) is 4.03. The quantitative estimate of drug-likeness (QED) is 0.845. The zero-order valence-corrected chi connectivity index (χ0v) is 14.0. The Bertz CT molecular complexity index is 640. The van der Waals surface area contributed by atoms with Crippen molar-refractivity contribution in [2.24, 2.45) is 5.73 Å². The van der Waals surface area contributed by atoms with Crippen LogP contribution < -0.4 is 10.6 Å². The zero-order chi connectivity index (χ0) is 14.7. The summed E-state index contributed by atoms with van der Waals surface area (Å²) in [6.45, 7) is 2.87. The van der Waals surface area contributed by atoms with Gasteiger partial charge in [0, 0.05) is 29.3 Å². The molecular weight excluding hydrogens is 332 g/mol. The van der Waals surface area contributed by atoms with E-state index in [-0.39, 0.29) is 0 Å². The minimum absolute atomic E-state index is 0.432. The van der Waals surface area contributed by atoms with Gasteiger partial charge in [-0.05, 0) is 42.3 Å². The van der Waals surface area contributed by atoms with Gasteiger partial charge in [0.1, 0.15) is 4.99 Å². The molecule has 0 aliphatic heterocycles. The van der Waals surface area contributed by atoms with E-state index in [2.05, 4.69) is 53.0 Å². The number of halogens is 1. The summed E-state index contributed by atoms with van der Waals surface area (Å²) in [7, 11) is 2.05. The van der Waals surface area contributed by atoms with E-state index in [1.54, 1.807) is 0 Å². The molecule has 2 aromatic rings. The van der Waals surface area contributed by atoms with E-state index >= 15 is 0 Å². The summed E-state index contributed by atoms with van der Waals surface area (Å²) in [5.74, 6) is 0. The maximum Gasteiger partial charge on any atom is 0.106 e. The summed E-state index contributed by atoms with van der Waals surface area (Å²) in [5, 5.41) is 0. The van der Waals surface area contributed by atoms with Gasteiger partial charge < -0.3 is 10.6 Å². The number of nitrogens with zero attached hydrogens (tertiary/aromatic N) is 1. The lowest BCUT2D eigenvalue weighted by atomic mass is 10.1. The van der Waals surface area contributed by atoms with Crippen molar-refractivity contribution in [2.45, 2.75) is 13.5 Å². The Kier molecular flexibility index (Phi) is 4.78. The number of thiocarbonyl (C=S) groups is 1. The van der Waals surface area contributed by atoms with Crippen molar-refractivity contribution >= 4 is 38.8 Å². The van der Waals surface area contributed by atoms with E-state index in [1.165, 1.54) is 11.1 Å². The van der Waals surface area contributed by atoms with E-state index in [0.717, 1.165) is 22.3 Å². The monoisotopic (exact) mass is 348 g/mol. The summed E-state index contributed by atoms with van der Waals surface area (Å²) in [5.41, 5.74) is 10.2. The van der Waals surface area contributed by atoms with Crippen molar-refractivity contribution in [3.63, 3.8) is 0 Å². The molecule has 0 radical (unpaired) electrons. The fourth-order valence-corrected chi connectivity index (χ4v) is 2.78. The number of hydrogen-bond donors (Lipinski definition) is 1. The number of rotatable bonds is 4. The predicted molar refractivity (Wildman–Crippen MR) is 93.3 cm³/mol. The second-order valence-electron chi connectivity index (χ2n) is 4.87. The van der Waals surface area contributed by atoms with Crippen molar-refractivity contribution in [1.29, 1.82) is 0 Å². The Morgan fingerprint density at radius 1 is 1.25 bits per heavy atom. The molecule has 0 saturated carbocycles. The first-order valence-corrected chi connectivity index (χ1v) is 7.53. The lowest BCUT2D eigenvalue weighted by Gasteiger charge is -2.23. The van der Waals surface area contributed by atoms with Crippen molar-refractivity contribution < 1.29 is 0 Å². The topological polar surface area (TPSA) is 29.3 Å². The van der Waals surface area contributed by atoms with Gasteiger partial charge in [-0.2, -0.15) is 0 Å². The molecule has 20 heavy (non-hydrogen) atoms. The van der Waals surface area contributed by atoms with Crippen LogP contribution in [0.4, 0.5) is 5.69 Å². The van der Waals surface area contributed by atoms with Crippen LogP contribution in [-0.4, -0.2) is 12.0 Å². The summed E-state index contributed by atoms with van der Waals surface area (Å²) in [4.78, 5) is 2.60. The molecule has 104 valence electrons. The molecule has 0 atom stereocenters. The largest absolute Gasteiger partial charge is 0.389 e. The minimum atomic E-state index is 0.432. The Hall–Kier alpha value is -1.39. The molecule has 0 amide bonds. The molecule has 0 unspecified atom stereocenters. The van der Waals surface area contributed by atoms with E-state index in [9.17, 15) is 0 Å². The standard InChI is InChI=1S/C16H17BrN2S/c1-11-6-7-14(16(18)20)15(8-11)19(2)10-12-4-3-5-13(17)9-12/h3-9H,10H2,1-2H3,(H2,18,20). The second kappa shape index (κ2) is 6.37. The SMILES string of the molecule is Cc1ccc(C(N)=S)c(N(C)Cc2cccc(Br)c2)c1. The number of benzene rings is 2. The van der Waals surface area contributed by atoms with Gasteiger partial charge in [0.15, 0.2) is 0 Å². The summed E-state index contributed by atoms with van der Waals surface area (Å²) < 4.78 is 1.09. The smallest absolute Gasteiger partial charge is 0.106 e. The molecule has 2 nitrogen and oxygen atoms in total. The molecule has 0 spiro atoms. The number of nitrogens with two attached hydrogens (primary N) is 1. The van der Waals surface area contributed by atoms with Gasteiger partial charge in [-0.15, -0.1) is 0 Å². The Morgan fingerprint density at radius 2 is 2.00 bits per heavy atom. The fraction of sp³-hybridized carbons (Fsp3) is 0.188. The average Bonchev–Trinajstić information content (AvgIpc) is 2.38. The first-order chi connectivity index (χ1) is 9.47. The van der Waals surface area contributed by atoms with Crippen LogP contribution in [0, 0.1) is 6.92 Å². The number of aryl methyl sites for hydroxylation is 1. The molecule has 4 heteroatoms. The normalized spacial score (nSPS) is 10.3. The van der Waals surface area contributed by atoms with Crippen LogP contribution in [0.15, 0.2) is 46.9 Å². The molecule has 0 saturated heterocycles. The van der Waals surface area contributed by atoms with Crippen LogP contribution >= 0.6 is 28.1 Å². The molecule has 0 aliphatic rings. The second-order valence-corrected chi connectivity index (χ2v) is 6.23. The van der Waals surface area contributed by atoms with Gasteiger partial charge in [0.05, 0.1) is 0 Å². The van der Waals surface area contributed by atoms with Crippen LogP contribution in [-0.2, 0) is 6.54 Å². The van der Waals surface area contributed by atoms with Gasteiger partial charge >= 0.3 is 0 Å². The zero-order valence-electron chi connectivity index (χ0n) is 11.6. The molecule has 2 aromatic carbocycles. The maximum absolute atomic E-state index is 5.82. The lowest BCUT2D eigenvalue weighted by Crippen LogP contribution is -2.21. The highest BCUT2D eigenvalue weighted by molar-refractivity contribution is 9.10. The highest BCUT2D eigenvalue weighted by atomic mass is 79.9. The molecule has 0 aromatic heterocycles. The van der Waals surface area contributed by atoms with E-state index in [0.29, 0.717) is 4.99 Å². The van der Waals surface area contributed by atoms with Crippen molar-refractivity contribution in [3.05, 3.63) is 63.6 Å². The van der Waals surface area contributed by atoms with E-state index in [4.69, 9.17) is 18.0 Å². The molecule has 0 bridgehead atoms. The van der Waals surface area contributed by atoms with Crippen molar-refractivity contribution in [2.75, 3.05) is 11.9 Å². The first-order valence-electron chi connectivity index (χ1n) is 6.33. The third-order valence-corrected chi connectivity index (χ3v) is 3.85. The van der Waals surface area contributed by atoms with E-state index < -0.39 is 0 Å². The lowest BCUT2D eigenvalue weighted by molar-refractivity contribution is 0.920. The van der Waals surface area contributed by atoms with Gasteiger partial charge in [-0.3, -0.25) is 0 Å². The third-order valence-electron chi connectivity index (χ3n) is 3.14. The van der Waals surface area contributed by atoms with Crippen LogP contribution in [0.2, 0.25) is 0 Å². The average molecular weight is 349 g/mol. The van der Waals surface area contributed by atoms with Crippen LogP contribution in [0.25, 0.3) is 0 Å². The van der Waals surface area contributed by atoms with Crippen LogP contribution in [0.5, 0.6) is 0 Å².